The van der Waals surface area contributed by atoms with Gasteiger partial charge in [0.1, 0.15) is 0 Å². The van der Waals surface area contributed by atoms with E-state index in [-0.39, 0.29) is 5.78 Å². The Kier molecular flexibility index (Phi) is 14.1. The molecule has 0 atom stereocenters. The molecule has 0 bridgehead atoms. The Balaban J connectivity index is 3.76. The molecule has 0 fully saturated rings. The molecule has 0 aromatic heterocycles. The van der Waals surface area contributed by atoms with Gasteiger partial charge in [-0.2, -0.15) is 0 Å². The monoisotopic (exact) mass is 360 g/mol. The van der Waals surface area contributed by atoms with Crippen LogP contribution in [0.5, 0.6) is 0 Å². The van der Waals surface area contributed by atoms with Crippen LogP contribution in [-0.2, 0) is 9.59 Å². The molecule has 0 aliphatic heterocycles. The maximum atomic E-state index is 11.7. The van der Waals surface area contributed by atoms with Crippen molar-refractivity contribution in [2.45, 2.75) is 90.4 Å². The van der Waals surface area contributed by atoms with Crippen LogP contribution < -0.4 is 0 Å². The zero-order valence-corrected chi connectivity index (χ0v) is 17.7. The highest BCUT2D eigenvalue weighted by molar-refractivity contribution is 6.81. The van der Waals surface area contributed by atoms with E-state index in [2.05, 4.69) is 44.5 Å². The lowest BCUT2D eigenvalue weighted by Gasteiger charge is -2.11. The Morgan fingerprint density at radius 3 is 2.08 bits per heavy atom. The summed E-state index contributed by atoms with van der Waals surface area (Å²) in [5.41, 5.74) is 0. The molecule has 0 spiro atoms. The van der Waals surface area contributed by atoms with E-state index in [9.17, 15) is 9.59 Å². The lowest BCUT2D eigenvalue weighted by atomic mass is 10.1. The summed E-state index contributed by atoms with van der Waals surface area (Å²) in [7, 11) is -1.54. The van der Waals surface area contributed by atoms with Crippen LogP contribution in [0, 0.1) is 11.8 Å². The fourth-order valence-corrected chi connectivity index (χ4v) is 3.54. The van der Waals surface area contributed by atoms with Gasteiger partial charge in [-0.15, -0.1) is 0 Å². The molecule has 0 saturated carbocycles. The van der Waals surface area contributed by atoms with Crippen molar-refractivity contribution in [3.8, 4) is 11.8 Å². The first-order valence-electron chi connectivity index (χ1n) is 9.77. The number of ketones is 2. The molecule has 0 amide bonds. The topological polar surface area (TPSA) is 34.1 Å². The van der Waals surface area contributed by atoms with Crippen LogP contribution in [0.15, 0.2) is 24.3 Å². The zero-order chi connectivity index (χ0) is 19.0. The van der Waals surface area contributed by atoms with Crippen LogP contribution in [0.25, 0.3) is 0 Å². The highest BCUT2D eigenvalue weighted by Crippen LogP contribution is 2.10. The van der Waals surface area contributed by atoms with E-state index in [1.54, 1.807) is 6.08 Å². The fourth-order valence-electron chi connectivity index (χ4n) is 2.41. The molecule has 0 saturated heterocycles. The molecule has 0 aromatic rings. The van der Waals surface area contributed by atoms with Gasteiger partial charge in [-0.05, 0) is 24.8 Å². The quantitative estimate of drug-likeness (QED) is 0.0991. The summed E-state index contributed by atoms with van der Waals surface area (Å²) >= 11 is 0. The molecule has 0 unspecified atom stereocenters. The van der Waals surface area contributed by atoms with Gasteiger partial charge in [0.15, 0.2) is 0 Å². The number of carbonyl (C=O) groups excluding carboxylic acids is 2. The molecular weight excluding hydrogens is 324 g/mol. The van der Waals surface area contributed by atoms with E-state index in [4.69, 9.17) is 0 Å². The number of Topliss-reactive ketones (excluding diaryl/α,β-unsaturated/α-hetero) is 2. The van der Waals surface area contributed by atoms with Gasteiger partial charge in [-0.25, -0.2) is 0 Å². The Morgan fingerprint density at radius 2 is 1.48 bits per heavy atom. The maximum absolute atomic E-state index is 11.7. The number of carbonyl (C=O) groups is 2. The number of hydrogen-bond donors (Lipinski definition) is 0. The lowest BCUT2D eigenvalue weighted by molar-refractivity contribution is -0.132. The highest BCUT2D eigenvalue weighted by atomic mass is 28.3. The van der Waals surface area contributed by atoms with Crippen LogP contribution in [-0.4, -0.2) is 19.6 Å². The number of unbranched alkanes of at least 4 members (excludes halogenated alkanes) is 8. The van der Waals surface area contributed by atoms with Crippen molar-refractivity contribution in [1.29, 1.82) is 0 Å². The molecule has 0 heterocycles. The third-order valence-corrected chi connectivity index (χ3v) is 5.16. The predicted molar refractivity (Wildman–Crippen MR) is 111 cm³/mol. The van der Waals surface area contributed by atoms with Crippen LogP contribution in [0.4, 0.5) is 0 Å². The minimum atomic E-state index is -1.54. The fraction of sp³-hybridized carbons (Fsp3) is 0.636. The van der Waals surface area contributed by atoms with Gasteiger partial charge in [-0.3, -0.25) is 9.59 Å². The molecule has 0 aliphatic rings. The summed E-state index contributed by atoms with van der Waals surface area (Å²) in [6.45, 7) is 8.46. The molecule has 0 N–H and O–H groups in total. The van der Waals surface area contributed by atoms with Crippen LogP contribution in [0.1, 0.15) is 64.7 Å². The number of allylic oxidation sites excluding steroid dienone is 4. The first kappa shape index (κ1) is 23.6. The summed E-state index contributed by atoms with van der Waals surface area (Å²) < 4.78 is 0. The van der Waals surface area contributed by atoms with Crippen molar-refractivity contribution < 1.29 is 9.59 Å². The van der Waals surface area contributed by atoms with E-state index in [0.29, 0.717) is 6.04 Å². The van der Waals surface area contributed by atoms with E-state index in [0.717, 1.165) is 6.42 Å². The molecule has 0 aliphatic carbocycles. The van der Waals surface area contributed by atoms with E-state index >= 15 is 0 Å². The van der Waals surface area contributed by atoms with Crippen molar-refractivity contribution in [3.05, 3.63) is 24.3 Å². The Hall–Kier alpha value is -1.40. The molecule has 0 rings (SSSR count). The Labute approximate surface area is 156 Å². The van der Waals surface area contributed by atoms with Crippen molar-refractivity contribution in [1.82, 2.24) is 0 Å². The van der Waals surface area contributed by atoms with Crippen molar-refractivity contribution in [2.75, 3.05) is 0 Å². The molecule has 0 aromatic carbocycles. The average molecular weight is 361 g/mol. The van der Waals surface area contributed by atoms with Crippen molar-refractivity contribution in [2.24, 2.45) is 0 Å². The van der Waals surface area contributed by atoms with Crippen LogP contribution in [0.3, 0.4) is 0 Å². The standard InChI is InChI=1S/C22H36O2Si/c1-5-6-7-8-9-10-11-12-13-14-15-16-17-18-19-21(23)22(24)20-25(2,3)4/h14-17H,5-13,20H2,1-4H3. The SMILES string of the molecule is CCCCCCCCCCC=CC=CC#CC(=O)C(=O)C[Si](C)(C)C. The first-order valence-corrected chi connectivity index (χ1v) is 13.5. The van der Waals surface area contributed by atoms with Gasteiger partial charge in [0, 0.05) is 6.04 Å². The smallest absolute Gasteiger partial charge is 0.271 e. The molecular formula is C22H36O2Si. The normalized spacial score (nSPS) is 11.7. The second-order valence-electron chi connectivity index (χ2n) is 7.81. The number of rotatable bonds is 13. The van der Waals surface area contributed by atoms with Crippen molar-refractivity contribution >= 4 is 19.6 Å². The summed E-state index contributed by atoms with van der Waals surface area (Å²) in [5.74, 6) is 4.16. The van der Waals surface area contributed by atoms with Gasteiger partial charge in [0.25, 0.3) is 5.78 Å². The molecule has 25 heavy (non-hydrogen) atoms. The molecule has 2 nitrogen and oxygen atoms in total. The van der Waals surface area contributed by atoms with Crippen LogP contribution in [0.2, 0.25) is 25.7 Å². The lowest BCUT2D eigenvalue weighted by Crippen LogP contribution is -2.27. The second kappa shape index (κ2) is 14.9. The summed E-state index contributed by atoms with van der Waals surface area (Å²) in [4.78, 5) is 23.3. The molecule has 140 valence electrons. The highest BCUT2D eigenvalue weighted by Gasteiger charge is 2.21. The summed E-state index contributed by atoms with van der Waals surface area (Å²) in [6, 6.07) is 0.378. The Morgan fingerprint density at radius 1 is 0.880 bits per heavy atom. The largest absolute Gasteiger partial charge is 0.290 e. The van der Waals surface area contributed by atoms with Gasteiger partial charge in [0.2, 0.25) is 5.78 Å². The van der Waals surface area contributed by atoms with Gasteiger partial charge in [0.05, 0.1) is 8.07 Å². The summed E-state index contributed by atoms with van der Waals surface area (Å²) in [5, 5.41) is 0. The van der Waals surface area contributed by atoms with Gasteiger partial charge >= 0.3 is 0 Å². The predicted octanol–water partition coefficient (Wildman–Crippen LogP) is 6.11. The van der Waals surface area contributed by atoms with Gasteiger partial charge in [-0.1, -0.05) is 95.7 Å². The second-order valence-corrected chi connectivity index (χ2v) is 13.3. The first-order chi connectivity index (χ1) is 11.9. The summed E-state index contributed by atoms with van der Waals surface area (Å²) in [6.07, 6.45) is 19.3. The third kappa shape index (κ3) is 17.2. The van der Waals surface area contributed by atoms with Crippen molar-refractivity contribution in [3.63, 3.8) is 0 Å². The number of hydrogen-bond acceptors (Lipinski definition) is 2. The van der Waals surface area contributed by atoms with E-state index in [1.165, 1.54) is 51.4 Å². The minimum Gasteiger partial charge on any atom is -0.290 e. The maximum Gasteiger partial charge on any atom is 0.271 e. The van der Waals surface area contributed by atoms with E-state index < -0.39 is 13.9 Å². The molecule has 0 radical (unpaired) electrons. The Bertz CT molecular complexity index is 498. The minimum absolute atomic E-state index is 0.342. The average Bonchev–Trinajstić information content (AvgIpc) is 2.53. The van der Waals surface area contributed by atoms with Gasteiger partial charge < -0.3 is 0 Å². The molecule has 3 heteroatoms. The zero-order valence-electron chi connectivity index (χ0n) is 16.7. The van der Waals surface area contributed by atoms with E-state index in [1.807, 2.05) is 12.2 Å². The third-order valence-electron chi connectivity index (χ3n) is 3.78. The van der Waals surface area contributed by atoms with Crippen LogP contribution >= 0.6 is 0 Å².